The second-order valence-corrected chi connectivity index (χ2v) is 6.09. The maximum absolute atomic E-state index is 5.63. The fourth-order valence-electron chi connectivity index (χ4n) is 3.25. The molecule has 0 unspecified atom stereocenters. The zero-order chi connectivity index (χ0) is 14.7. The molecular formula is C17H27N3O. The van der Waals surface area contributed by atoms with Crippen molar-refractivity contribution in [1.29, 1.82) is 0 Å². The maximum atomic E-state index is 5.63. The van der Waals surface area contributed by atoms with Crippen LogP contribution in [-0.2, 0) is 4.74 Å². The molecule has 0 bridgehead atoms. The summed E-state index contributed by atoms with van der Waals surface area (Å²) in [6.07, 6.45) is 1.40. The Morgan fingerprint density at radius 1 is 1.24 bits per heavy atom. The molecule has 2 atom stereocenters. The van der Waals surface area contributed by atoms with Gasteiger partial charge in [0.15, 0.2) is 0 Å². The summed E-state index contributed by atoms with van der Waals surface area (Å²) in [5, 5.41) is 3.63. The normalized spacial score (nSPS) is 27.0. The minimum atomic E-state index is 0.307. The Bertz CT molecular complexity index is 457. The number of rotatable bonds is 4. The molecule has 116 valence electrons. The van der Waals surface area contributed by atoms with Gasteiger partial charge in [-0.1, -0.05) is 13.0 Å². The highest BCUT2D eigenvalue weighted by Crippen LogP contribution is 2.24. The van der Waals surface area contributed by atoms with Crippen molar-refractivity contribution in [3.05, 3.63) is 24.3 Å². The highest BCUT2D eigenvalue weighted by Gasteiger charge is 2.24. The van der Waals surface area contributed by atoms with Crippen molar-refractivity contribution in [2.45, 2.75) is 32.4 Å². The molecule has 0 saturated carbocycles. The lowest BCUT2D eigenvalue weighted by Gasteiger charge is -2.35. The summed E-state index contributed by atoms with van der Waals surface area (Å²) in [7, 11) is 0. The summed E-state index contributed by atoms with van der Waals surface area (Å²) in [5.41, 5.74) is 2.55. The second kappa shape index (κ2) is 6.67. The molecule has 2 heterocycles. The third-order valence-corrected chi connectivity index (χ3v) is 4.76. The molecule has 2 fully saturated rings. The lowest BCUT2D eigenvalue weighted by Crippen LogP contribution is -2.46. The van der Waals surface area contributed by atoms with Gasteiger partial charge in [0.05, 0.1) is 12.1 Å². The third-order valence-electron chi connectivity index (χ3n) is 4.76. The number of hydrogen-bond acceptors (Lipinski definition) is 4. The molecule has 0 radical (unpaired) electrons. The van der Waals surface area contributed by atoms with E-state index in [4.69, 9.17) is 4.74 Å². The summed E-state index contributed by atoms with van der Waals surface area (Å²) in [4.78, 5) is 5.00. The molecule has 1 aromatic carbocycles. The van der Waals surface area contributed by atoms with E-state index in [-0.39, 0.29) is 0 Å². The molecule has 0 aliphatic carbocycles. The second-order valence-electron chi connectivity index (χ2n) is 6.09. The van der Waals surface area contributed by atoms with Gasteiger partial charge >= 0.3 is 0 Å². The first-order valence-corrected chi connectivity index (χ1v) is 8.22. The SMILES string of the molecule is CCN1CCN(c2cccc(N[C@@H]3CCO[C@@H]3C)c2)CC1. The third kappa shape index (κ3) is 3.50. The van der Waals surface area contributed by atoms with Gasteiger partial charge in [-0.2, -0.15) is 0 Å². The molecule has 4 heteroatoms. The van der Waals surface area contributed by atoms with Crippen LogP contribution in [0.4, 0.5) is 11.4 Å². The van der Waals surface area contributed by atoms with Crippen LogP contribution in [0.1, 0.15) is 20.3 Å². The number of anilines is 2. The number of benzene rings is 1. The van der Waals surface area contributed by atoms with Crippen LogP contribution in [0.2, 0.25) is 0 Å². The summed E-state index contributed by atoms with van der Waals surface area (Å²) < 4.78 is 5.63. The molecule has 3 rings (SSSR count). The van der Waals surface area contributed by atoms with Crippen molar-refractivity contribution in [3.63, 3.8) is 0 Å². The van der Waals surface area contributed by atoms with Gasteiger partial charge in [0.25, 0.3) is 0 Å². The molecule has 1 aromatic rings. The van der Waals surface area contributed by atoms with Gasteiger partial charge in [0, 0.05) is 44.2 Å². The van der Waals surface area contributed by atoms with Crippen molar-refractivity contribution in [2.24, 2.45) is 0 Å². The molecule has 0 amide bonds. The van der Waals surface area contributed by atoms with Crippen LogP contribution in [0.15, 0.2) is 24.3 Å². The average molecular weight is 289 g/mol. The number of hydrogen-bond donors (Lipinski definition) is 1. The molecule has 2 aliphatic rings. The predicted molar refractivity (Wildman–Crippen MR) is 88.2 cm³/mol. The lowest BCUT2D eigenvalue weighted by molar-refractivity contribution is 0.121. The Hall–Kier alpha value is -1.26. The first kappa shape index (κ1) is 14.7. The van der Waals surface area contributed by atoms with Crippen LogP contribution in [0.25, 0.3) is 0 Å². The standard InChI is InChI=1S/C17H27N3O/c1-3-19-8-10-20(11-9-19)16-6-4-5-15(13-16)18-17-7-12-21-14(17)2/h4-6,13-14,17-18H,3,7-12H2,1-2H3/t14-,17-/m1/s1. The molecule has 2 saturated heterocycles. The van der Waals surface area contributed by atoms with Gasteiger partial charge in [-0.05, 0) is 38.1 Å². The Kier molecular flexibility index (Phi) is 4.66. The molecule has 0 aromatic heterocycles. The minimum absolute atomic E-state index is 0.307. The van der Waals surface area contributed by atoms with E-state index in [1.54, 1.807) is 0 Å². The maximum Gasteiger partial charge on any atom is 0.0748 e. The van der Waals surface area contributed by atoms with E-state index < -0.39 is 0 Å². The fourth-order valence-corrected chi connectivity index (χ4v) is 3.25. The zero-order valence-electron chi connectivity index (χ0n) is 13.2. The summed E-state index contributed by atoms with van der Waals surface area (Å²) in [6, 6.07) is 9.27. The van der Waals surface area contributed by atoms with Gasteiger partial charge in [-0.15, -0.1) is 0 Å². The van der Waals surface area contributed by atoms with E-state index in [1.165, 1.54) is 24.5 Å². The summed E-state index contributed by atoms with van der Waals surface area (Å²) >= 11 is 0. The van der Waals surface area contributed by atoms with Gasteiger partial charge in [0.2, 0.25) is 0 Å². The van der Waals surface area contributed by atoms with Gasteiger partial charge in [-0.25, -0.2) is 0 Å². The number of nitrogens with one attached hydrogen (secondary N) is 1. The van der Waals surface area contributed by atoms with E-state index in [9.17, 15) is 0 Å². The largest absolute Gasteiger partial charge is 0.380 e. The van der Waals surface area contributed by atoms with Crippen LogP contribution < -0.4 is 10.2 Å². The van der Waals surface area contributed by atoms with Gasteiger partial charge in [-0.3, -0.25) is 0 Å². The van der Waals surface area contributed by atoms with E-state index in [0.29, 0.717) is 12.1 Å². The molecule has 2 aliphatic heterocycles. The number of piperazine rings is 1. The van der Waals surface area contributed by atoms with Gasteiger partial charge in [0.1, 0.15) is 0 Å². The zero-order valence-corrected chi connectivity index (χ0v) is 13.2. The van der Waals surface area contributed by atoms with Crippen molar-refractivity contribution < 1.29 is 4.74 Å². The fraction of sp³-hybridized carbons (Fsp3) is 0.647. The monoisotopic (exact) mass is 289 g/mol. The Morgan fingerprint density at radius 3 is 2.71 bits per heavy atom. The first-order valence-electron chi connectivity index (χ1n) is 8.22. The Labute approximate surface area is 128 Å². The smallest absolute Gasteiger partial charge is 0.0748 e. The quantitative estimate of drug-likeness (QED) is 0.921. The van der Waals surface area contributed by atoms with E-state index >= 15 is 0 Å². The van der Waals surface area contributed by atoms with E-state index in [2.05, 4.69) is 53.2 Å². The van der Waals surface area contributed by atoms with Crippen LogP contribution in [0, 0.1) is 0 Å². The van der Waals surface area contributed by atoms with Crippen LogP contribution in [0.3, 0.4) is 0 Å². The molecule has 4 nitrogen and oxygen atoms in total. The summed E-state index contributed by atoms with van der Waals surface area (Å²) in [6.45, 7) is 11.0. The number of ether oxygens (including phenoxy) is 1. The molecule has 0 spiro atoms. The van der Waals surface area contributed by atoms with Crippen molar-refractivity contribution in [3.8, 4) is 0 Å². The first-order chi connectivity index (χ1) is 10.3. The highest BCUT2D eigenvalue weighted by atomic mass is 16.5. The van der Waals surface area contributed by atoms with Crippen molar-refractivity contribution in [1.82, 2.24) is 4.90 Å². The van der Waals surface area contributed by atoms with Crippen molar-refractivity contribution >= 4 is 11.4 Å². The molecule has 21 heavy (non-hydrogen) atoms. The molecular weight excluding hydrogens is 262 g/mol. The topological polar surface area (TPSA) is 27.7 Å². The van der Waals surface area contributed by atoms with Crippen LogP contribution in [0.5, 0.6) is 0 Å². The van der Waals surface area contributed by atoms with Crippen LogP contribution in [-0.4, -0.2) is 56.4 Å². The van der Waals surface area contributed by atoms with Gasteiger partial charge < -0.3 is 19.9 Å². The Morgan fingerprint density at radius 2 is 2.05 bits per heavy atom. The highest BCUT2D eigenvalue weighted by molar-refractivity contribution is 5.58. The number of nitrogens with zero attached hydrogens (tertiary/aromatic N) is 2. The molecule has 1 N–H and O–H groups in total. The predicted octanol–water partition coefficient (Wildman–Crippen LogP) is 2.42. The van der Waals surface area contributed by atoms with Crippen LogP contribution >= 0.6 is 0 Å². The lowest BCUT2D eigenvalue weighted by atomic mass is 10.1. The van der Waals surface area contributed by atoms with E-state index in [0.717, 1.165) is 32.7 Å². The summed E-state index contributed by atoms with van der Waals surface area (Å²) in [5.74, 6) is 0. The number of likely N-dealkylation sites (N-methyl/N-ethyl adjacent to an activating group) is 1. The minimum Gasteiger partial charge on any atom is -0.380 e. The van der Waals surface area contributed by atoms with Crippen molar-refractivity contribution in [2.75, 3.05) is 49.5 Å². The van der Waals surface area contributed by atoms with E-state index in [1.807, 2.05) is 0 Å². The average Bonchev–Trinajstić information content (AvgIpc) is 2.93. The Balaban J connectivity index is 1.63.